The summed E-state index contributed by atoms with van der Waals surface area (Å²) in [5.74, 6) is 1.77. The molecule has 0 saturated carbocycles. The first kappa shape index (κ1) is 15.0. The van der Waals surface area contributed by atoms with Gasteiger partial charge < -0.3 is 9.84 Å². The lowest BCUT2D eigenvalue weighted by molar-refractivity contribution is 0.234. The van der Waals surface area contributed by atoms with Crippen molar-refractivity contribution < 1.29 is 4.52 Å². The van der Waals surface area contributed by atoms with E-state index in [1.807, 2.05) is 18.2 Å². The Balaban J connectivity index is 1.97. The first-order chi connectivity index (χ1) is 10.0. The maximum absolute atomic E-state index is 6.02. The van der Waals surface area contributed by atoms with Crippen molar-refractivity contribution in [1.82, 2.24) is 15.5 Å². The molecule has 0 amide bonds. The van der Waals surface area contributed by atoms with Gasteiger partial charge in [-0.05, 0) is 53.0 Å². The van der Waals surface area contributed by atoms with E-state index in [2.05, 4.69) is 45.2 Å². The Labute approximate surface area is 137 Å². The number of nitrogens with zero attached hydrogens (tertiary/aromatic N) is 2. The standard InChI is InChI=1S/C15H17BrClN3O/c1-9(2)15(5-6-18-8-15)14-19-13(20-21-14)10-3-4-12(17)11(16)7-10/h3-4,7,9,18H,5-6,8H2,1-2H3. The zero-order valence-electron chi connectivity index (χ0n) is 12.0. The smallest absolute Gasteiger partial charge is 0.234 e. The number of hydrogen-bond acceptors (Lipinski definition) is 4. The molecule has 3 rings (SSSR count). The average Bonchev–Trinajstić information content (AvgIpc) is 3.10. The SMILES string of the molecule is CC(C)C1(c2nc(-c3ccc(Cl)c(Br)c3)no2)CCNC1. The van der Waals surface area contributed by atoms with Crippen molar-refractivity contribution in [2.45, 2.75) is 25.7 Å². The highest BCUT2D eigenvalue weighted by molar-refractivity contribution is 9.10. The third-order valence-corrected chi connectivity index (χ3v) is 5.54. The predicted octanol–water partition coefficient (Wildman–Crippen LogP) is 4.04. The molecule has 0 aliphatic carbocycles. The van der Waals surface area contributed by atoms with Gasteiger partial charge in [-0.25, -0.2) is 0 Å². The summed E-state index contributed by atoms with van der Waals surface area (Å²) in [6.45, 7) is 6.28. The third kappa shape index (κ3) is 2.62. The second kappa shape index (κ2) is 5.71. The molecule has 1 aromatic carbocycles. The van der Waals surface area contributed by atoms with E-state index in [4.69, 9.17) is 16.1 Å². The second-order valence-electron chi connectivity index (χ2n) is 5.79. The number of aromatic nitrogens is 2. The number of nitrogens with one attached hydrogen (secondary N) is 1. The van der Waals surface area contributed by atoms with E-state index in [1.54, 1.807) is 0 Å². The van der Waals surface area contributed by atoms with Gasteiger partial charge in [-0.15, -0.1) is 0 Å². The molecule has 21 heavy (non-hydrogen) atoms. The number of halogens is 2. The van der Waals surface area contributed by atoms with Crippen molar-refractivity contribution in [2.24, 2.45) is 5.92 Å². The van der Waals surface area contributed by atoms with Crippen LogP contribution >= 0.6 is 27.5 Å². The molecule has 1 unspecified atom stereocenters. The maximum Gasteiger partial charge on any atom is 0.234 e. The lowest BCUT2D eigenvalue weighted by Crippen LogP contribution is -2.35. The van der Waals surface area contributed by atoms with Crippen LogP contribution in [-0.2, 0) is 5.41 Å². The quantitative estimate of drug-likeness (QED) is 0.886. The summed E-state index contributed by atoms with van der Waals surface area (Å²) in [4.78, 5) is 4.65. The lowest BCUT2D eigenvalue weighted by atomic mass is 9.76. The Kier molecular flexibility index (Phi) is 4.08. The summed E-state index contributed by atoms with van der Waals surface area (Å²) in [6, 6.07) is 5.63. The van der Waals surface area contributed by atoms with Crippen LogP contribution in [0.4, 0.5) is 0 Å². The van der Waals surface area contributed by atoms with Crippen LogP contribution in [0.15, 0.2) is 27.2 Å². The van der Waals surface area contributed by atoms with Crippen LogP contribution in [0.3, 0.4) is 0 Å². The Morgan fingerprint density at radius 1 is 1.43 bits per heavy atom. The number of benzene rings is 1. The van der Waals surface area contributed by atoms with Crippen LogP contribution in [-0.4, -0.2) is 23.2 Å². The van der Waals surface area contributed by atoms with E-state index >= 15 is 0 Å². The van der Waals surface area contributed by atoms with Crippen LogP contribution in [0.2, 0.25) is 5.02 Å². The van der Waals surface area contributed by atoms with Gasteiger partial charge in [-0.1, -0.05) is 30.6 Å². The van der Waals surface area contributed by atoms with E-state index in [0.29, 0.717) is 16.8 Å². The zero-order valence-corrected chi connectivity index (χ0v) is 14.3. The Morgan fingerprint density at radius 3 is 2.86 bits per heavy atom. The third-order valence-electron chi connectivity index (χ3n) is 4.32. The fourth-order valence-electron chi connectivity index (χ4n) is 2.81. The molecule has 1 atom stereocenters. The molecule has 0 bridgehead atoms. The first-order valence-electron chi connectivity index (χ1n) is 7.03. The normalized spacial score (nSPS) is 22.1. The highest BCUT2D eigenvalue weighted by atomic mass is 79.9. The van der Waals surface area contributed by atoms with E-state index in [1.165, 1.54) is 0 Å². The van der Waals surface area contributed by atoms with Gasteiger partial charge in [-0.3, -0.25) is 0 Å². The van der Waals surface area contributed by atoms with Gasteiger partial charge >= 0.3 is 0 Å². The molecule has 6 heteroatoms. The summed E-state index contributed by atoms with van der Waals surface area (Å²) in [6.07, 6.45) is 1.02. The number of rotatable bonds is 3. The van der Waals surface area contributed by atoms with E-state index < -0.39 is 0 Å². The molecule has 1 N–H and O–H groups in total. The minimum atomic E-state index is -0.0606. The van der Waals surface area contributed by atoms with Gasteiger partial charge in [-0.2, -0.15) is 4.98 Å². The molecule has 2 aromatic rings. The van der Waals surface area contributed by atoms with Gasteiger partial charge in [0.05, 0.1) is 10.4 Å². The summed E-state index contributed by atoms with van der Waals surface area (Å²) in [7, 11) is 0. The Morgan fingerprint density at radius 2 is 2.24 bits per heavy atom. The highest BCUT2D eigenvalue weighted by Gasteiger charge is 2.43. The van der Waals surface area contributed by atoms with Gasteiger partial charge in [0.15, 0.2) is 0 Å². The topological polar surface area (TPSA) is 51.0 Å². The van der Waals surface area contributed by atoms with Crippen LogP contribution in [0, 0.1) is 5.92 Å². The average molecular weight is 371 g/mol. The summed E-state index contributed by atoms with van der Waals surface area (Å²) in [5, 5.41) is 8.22. The van der Waals surface area contributed by atoms with Crippen LogP contribution in [0.5, 0.6) is 0 Å². The zero-order chi connectivity index (χ0) is 15.0. The van der Waals surface area contributed by atoms with Crippen molar-refractivity contribution in [1.29, 1.82) is 0 Å². The van der Waals surface area contributed by atoms with Crippen molar-refractivity contribution in [3.8, 4) is 11.4 Å². The van der Waals surface area contributed by atoms with Crippen LogP contribution in [0.1, 0.15) is 26.2 Å². The van der Waals surface area contributed by atoms with Crippen molar-refractivity contribution in [2.75, 3.05) is 13.1 Å². The molecule has 2 heterocycles. The van der Waals surface area contributed by atoms with Crippen LogP contribution in [0.25, 0.3) is 11.4 Å². The molecular formula is C15H17BrClN3O. The van der Waals surface area contributed by atoms with Gasteiger partial charge in [0.25, 0.3) is 0 Å². The molecule has 0 radical (unpaired) electrons. The van der Waals surface area contributed by atoms with E-state index in [-0.39, 0.29) is 5.41 Å². The fraction of sp³-hybridized carbons (Fsp3) is 0.467. The minimum Gasteiger partial charge on any atom is -0.338 e. The molecule has 1 saturated heterocycles. The predicted molar refractivity (Wildman–Crippen MR) is 86.4 cm³/mol. The summed E-state index contributed by atoms with van der Waals surface area (Å²) >= 11 is 9.44. The Bertz CT molecular complexity index is 650. The first-order valence-corrected chi connectivity index (χ1v) is 8.20. The van der Waals surface area contributed by atoms with E-state index in [9.17, 15) is 0 Å². The molecule has 4 nitrogen and oxygen atoms in total. The van der Waals surface area contributed by atoms with Crippen molar-refractivity contribution >= 4 is 27.5 Å². The molecule has 1 fully saturated rings. The number of hydrogen-bond donors (Lipinski definition) is 1. The van der Waals surface area contributed by atoms with Crippen molar-refractivity contribution in [3.05, 3.63) is 33.6 Å². The Hall–Kier alpha value is -0.910. The monoisotopic (exact) mass is 369 g/mol. The summed E-state index contributed by atoms with van der Waals surface area (Å²) < 4.78 is 6.42. The largest absolute Gasteiger partial charge is 0.338 e. The van der Waals surface area contributed by atoms with E-state index in [0.717, 1.165) is 35.4 Å². The van der Waals surface area contributed by atoms with Gasteiger partial charge in [0.2, 0.25) is 11.7 Å². The molecular weight excluding hydrogens is 354 g/mol. The molecule has 0 spiro atoms. The lowest BCUT2D eigenvalue weighted by Gasteiger charge is -2.27. The molecule has 112 valence electrons. The van der Waals surface area contributed by atoms with Crippen molar-refractivity contribution in [3.63, 3.8) is 0 Å². The van der Waals surface area contributed by atoms with Gasteiger partial charge in [0.1, 0.15) is 0 Å². The fourth-order valence-corrected chi connectivity index (χ4v) is 3.31. The maximum atomic E-state index is 6.02. The molecule has 1 aliphatic heterocycles. The second-order valence-corrected chi connectivity index (χ2v) is 7.05. The highest BCUT2D eigenvalue weighted by Crippen LogP contribution is 2.38. The van der Waals surface area contributed by atoms with Gasteiger partial charge in [0, 0.05) is 16.6 Å². The molecule has 1 aliphatic rings. The minimum absolute atomic E-state index is 0.0606. The summed E-state index contributed by atoms with van der Waals surface area (Å²) in [5.41, 5.74) is 0.834. The molecule has 1 aromatic heterocycles. The van der Waals surface area contributed by atoms with Crippen LogP contribution < -0.4 is 5.32 Å².